The smallest absolute Gasteiger partial charge is 0.256 e. The van der Waals surface area contributed by atoms with Crippen molar-refractivity contribution in [1.29, 1.82) is 0 Å². The van der Waals surface area contributed by atoms with Crippen molar-refractivity contribution in [3.8, 4) is 0 Å². The fourth-order valence-electron chi connectivity index (χ4n) is 0.707. The first-order valence-electron chi connectivity index (χ1n) is 2.87. The molecular formula is C7H2Cl2FIO. The van der Waals surface area contributed by atoms with E-state index in [0.29, 0.717) is 3.57 Å². The van der Waals surface area contributed by atoms with E-state index >= 15 is 0 Å². The number of carbonyl (C=O) groups excluding carboxylic acids is 1. The lowest BCUT2D eigenvalue weighted by molar-refractivity contribution is 0.107. The lowest BCUT2D eigenvalue weighted by Crippen LogP contribution is -1.98. The van der Waals surface area contributed by atoms with Gasteiger partial charge in [-0.2, -0.15) is 0 Å². The summed E-state index contributed by atoms with van der Waals surface area (Å²) in [5, 5.41) is -0.932. The van der Waals surface area contributed by atoms with E-state index in [1.54, 1.807) is 0 Å². The van der Waals surface area contributed by atoms with Crippen molar-refractivity contribution < 1.29 is 9.18 Å². The van der Waals surface area contributed by atoms with Gasteiger partial charge in [0.25, 0.3) is 5.24 Å². The molecule has 0 aliphatic rings. The van der Waals surface area contributed by atoms with Gasteiger partial charge in [0.2, 0.25) is 0 Å². The number of benzene rings is 1. The fourth-order valence-corrected chi connectivity index (χ4v) is 1.87. The van der Waals surface area contributed by atoms with Crippen molar-refractivity contribution in [1.82, 2.24) is 0 Å². The third-order valence-electron chi connectivity index (χ3n) is 1.24. The fraction of sp³-hybridized carbons (Fsp3) is 0. The average Bonchev–Trinajstić information content (AvgIpc) is 1.97. The van der Waals surface area contributed by atoms with Crippen LogP contribution in [0, 0.1) is 9.39 Å². The van der Waals surface area contributed by atoms with E-state index in [1.165, 1.54) is 12.1 Å². The van der Waals surface area contributed by atoms with E-state index in [-0.39, 0.29) is 10.6 Å². The molecule has 1 aromatic rings. The van der Waals surface area contributed by atoms with Gasteiger partial charge in [0, 0.05) is 3.57 Å². The molecule has 64 valence electrons. The van der Waals surface area contributed by atoms with Crippen molar-refractivity contribution in [3.05, 3.63) is 32.1 Å². The molecule has 0 amide bonds. The second-order valence-corrected chi connectivity index (χ2v) is 3.90. The minimum Gasteiger partial charge on any atom is -0.275 e. The third kappa shape index (κ3) is 1.89. The molecule has 12 heavy (non-hydrogen) atoms. The number of hydrogen-bond donors (Lipinski definition) is 0. The van der Waals surface area contributed by atoms with Gasteiger partial charge < -0.3 is 0 Å². The molecule has 1 aromatic carbocycles. The summed E-state index contributed by atoms with van der Waals surface area (Å²) in [6.45, 7) is 0. The molecular weight excluding hydrogens is 317 g/mol. The zero-order valence-electron chi connectivity index (χ0n) is 5.57. The Bertz CT molecular complexity index is 340. The third-order valence-corrected chi connectivity index (χ3v) is 2.62. The lowest BCUT2D eigenvalue weighted by atomic mass is 10.2. The highest BCUT2D eigenvalue weighted by Crippen LogP contribution is 2.24. The largest absolute Gasteiger partial charge is 0.275 e. The van der Waals surface area contributed by atoms with Crippen molar-refractivity contribution >= 4 is 51.0 Å². The van der Waals surface area contributed by atoms with E-state index in [0.717, 1.165) is 0 Å². The van der Waals surface area contributed by atoms with Crippen LogP contribution >= 0.6 is 45.8 Å². The summed E-state index contributed by atoms with van der Waals surface area (Å²) in [4.78, 5) is 10.7. The van der Waals surface area contributed by atoms with Crippen molar-refractivity contribution in [2.75, 3.05) is 0 Å². The van der Waals surface area contributed by atoms with Crippen molar-refractivity contribution in [2.45, 2.75) is 0 Å². The maximum Gasteiger partial charge on any atom is 0.256 e. The molecule has 5 heteroatoms. The Labute approximate surface area is 92.0 Å². The van der Waals surface area contributed by atoms with Crippen LogP contribution in [-0.4, -0.2) is 5.24 Å². The van der Waals surface area contributed by atoms with E-state index in [2.05, 4.69) is 0 Å². The van der Waals surface area contributed by atoms with E-state index in [9.17, 15) is 9.18 Å². The summed E-state index contributed by atoms with van der Waals surface area (Å²) in [7, 11) is 0. The first-order valence-corrected chi connectivity index (χ1v) is 4.71. The van der Waals surface area contributed by atoms with Gasteiger partial charge >= 0.3 is 0 Å². The summed E-state index contributed by atoms with van der Waals surface area (Å²) in [6, 6.07) is 2.91. The highest BCUT2D eigenvalue weighted by atomic mass is 127. The minimum atomic E-state index is -0.834. The zero-order chi connectivity index (χ0) is 9.30. The van der Waals surface area contributed by atoms with Gasteiger partial charge in [-0.3, -0.25) is 4.79 Å². The summed E-state index contributed by atoms with van der Waals surface area (Å²) < 4.78 is 13.5. The molecule has 0 aliphatic carbocycles. The molecule has 0 aromatic heterocycles. The first-order chi connectivity index (χ1) is 5.54. The molecule has 0 atom stereocenters. The van der Waals surface area contributed by atoms with Gasteiger partial charge in [0.15, 0.2) is 5.82 Å². The lowest BCUT2D eigenvalue weighted by Gasteiger charge is -2.01. The standard InChI is InChI=1S/C7H2Cl2FIO/c8-3-1-2-4(11)5(6(3)10)7(9)12/h1-2H. The Balaban J connectivity index is 3.43. The van der Waals surface area contributed by atoms with Crippen LogP contribution in [0.3, 0.4) is 0 Å². The number of hydrogen-bond acceptors (Lipinski definition) is 1. The Morgan fingerprint density at radius 3 is 2.50 bits per heavy atom. The second kappa shape index (κ2) is 3.89. The maximum atomic E-state index is 13.1. The van der Waals surface area contributed by atoms with Gasteiger partial charge in [-0.1, -0.05) is 11.6 Å². The Kier molecular flexibility index (Phi) is 3.31. The van der Waals surface area contributed by atoms with Gasteiger partial charge in [-0.05, 0) is 46.3 Å². The molecule has 0 bridgehead atoms. The van der Waals surface area contributed by atoms with Gasteiger partial charge in [-0.15, -0.1) is 0 Å². The normalized spacial score (nSPS) is 10.0. The average molecular weight is 319 g/mol. The maximum absolute atomic E-state index is 13.1. The SMILES string of the molecule is O=C(Cl)c1c(I)ccc(Cl)c1F. The topological polar surface area (TPSA) is 17.1 Å². The molecule has 0 fully saturated rings. The number of carbonyl (C=O) groups is 1. The minimum absolute atomic E-state index is 0.0978. The van der Waals surface area contributed by atoms with Crippen LogP contribution in [-0.2, 0) is 0 Å². The Morgan fingerprint density at radius 2 is 2.08 bits per heavy atom. The number of halogens is 4. The molecule has 0 radical (unpaired) electrons. The second-order valence-electron chi connectivity index (χ2n) is 1.99. The van der Waals surface area contributed by atoms with Crippen molar-refractivity contribution in [3.63, 3.8) is 0 Å². The zero-order valence-corrected chi connectivity index (χ0v) is 9.24. The molecule has 0 spiro atoms. The quantitative estimate of drug-likeness (QED) is 0.440. The van der Waals surface area contributed by atoms with Gasteiger partial charge in [0.1, 0.15) is 0 Å². The van der Waals surface area contributed by atoms with Crippen LogP contribution in [0.5, 0.6) is 0 Å². The molecule has 0 saturated heterocycles. The van der Waals surface area contributed by atoms with Crippen molar-refractivity contribution in [2.24, 2.45) is 0 Å². The monoisotopic (exact) mass is 318 g/mol. The molecule has 0 unspecified atom stereocenters. The summed E-state index contributed by atoms with van der Waals surface area (Å²) >= 11 is 12.4. The Hall–Kier alpha value is 0.130. The molecule has 0 N–H and O–H groups in total. The molecule has 0 heterocycles. The van der Waals surface area contributed by atoms with Crippen LogP contribution in [0.25, 0.3) is 0 Å². The summed E-state index contributed by atoms with van der Waals surface area (Å²) in [5.41, 5.74) is -0.162. The molecule has 1 nitrogen and oxygen atoms in total. The first kappa shape index (κ1) is 10.2. The van der Waals surface area contributed by atoms with Crippen LogP contribution in [0.15, 0.2) is 12.1 Å². The molecule has 1 rings (SSSR count). The van der Waals surface area contributed by atoms with E-state index < -0.39 is 11.1 Å². The highest BCUT2D eigenvalue weighted by molar-refractivity contribution is 14.1. The van der Waals surface area contributed by atoms with Crippen LogP contribution < -0.4 is 0 Å². The predicted octanol–water partition coefficient (Wildman–Crippen LogP) is 3.46. The van der Waals surface area contributed by atoms with Gasteiger partial charge in [-0.25, -0.2) is 4.39 Å². The van der Waals surface area contributed by atoms with E-state index in [4.69, 9.17) is 23.2 Å². The Morgan fingerprint density at radius 1 is 1.50 bits per heavy atom. The van der Waals surface area contributed by atoms with E-state index in [1.807, 2.05) is 22.6 Å². The predicted molar refractivity (Wildman–Crippen MR) is 54.3 cm³/mol. The van der Waals surface area contributed by atoms with Crippen LogP contribution in [0.2, 0.25) is 5.02 Å². The highest BCUT2D eigenvalue weighted by Gasteiger charge is 2.15. The molecule has 0 saturated carbocycles. The van der Waals surface area contributed by atoms with Gasteiger partial charge in [0.05, 0.1) is 10.6 Å². The summed E-state index contributed by atoms with van der Waals surface area (Å²) in [6.07, 6.45) is 0. The van der Waals surface area contributed by atoms with Crippen LogP contribution in [0.1, 0.15) is 10.4 Å². The number of rotatable bonds is 1. The summed E-state index contributed by atoms with van der Waals surface area (Å²) in [5.74, 6) is -0.761. The molecule has 0 aliphatic heterocycles. The van der Waals surface area contributed by atoms with Crippen LogP contribution in [0.4, 0.5) is 4.39 Å².